The normalized spacial score (nSPS) is 51.0. The van der Waals surface area contributed by atoms with Crippen LogP contribution in [0.15, 0.2) is 0 Å². The van der Waals surface area contributed by atoms with E-state index in [1.807, 2.05) is 0 Å². The molecule has 0 radical (unpaired) electrons. The van der Waals surface area contributed by atoms with E-state index < -0.39 is 8.32 Å². The predicted molar refractivity (Wildman–Crippen MR) is 69.9 cm³/mol. The summed E-state index contributed by atoms with van der Waals surface area (Å²) in [6, 6.07) is 0. The maximum Gasteiger partial charge on any atom is 0.184 e. The molecule has 2 heteroatoms. The number of rotatable bonds is 2. The minimum Gasteiger partial charge on any atom is -0.412 e. The summed E-state index contributed by atoms with van der Waals surface area (Å²) in [5, 5.41) is 0. The fourth-order valence-corrected chi connectivity index (χ4v) is 6.60. The fourth-order valence-electron chi connectivity index (χ4n) is 4.95. The lowest BCUT2D eigenvalue weighted by atomic mass is 9.50. The zero-order chi connectivity index (χ0) is 11.6. The van der Waals surface area contributed by atoms with Crippen molar-refractivity contribution < 1.29 is 4.43 Å². The smallest absolute Gasteiger partial charge is 0.184 e. The Labute approximate surface area is 101 Å². The van der Waals surface area contributed by atoms with Gasteiger partial charge in [0, 0.05) is 0 Å². The first-order valence-corrected chi connectivity index (χ1v) is 10.5. The van der Waals surface area contributed by atoms with Crippen LogP contribution in [-0.4, -0.2) is 13.9 Å². The van der Waals surface area contributed by atoms with Crippen LogP contribution in [0.25, 0.3) is 0 Å². The zero-order valence-electron chi connectivity index (χ0n) is 11.3. The van der Waals surface area contributed by atoms with Gasteiger partial charge in [-0.2, -0.15) is 0 Å². The van der Waals surface area contributed by atoms with Crippen LogP contribution in [-0.2, 0) is 4.43 Å². The third-order valence-electron chi connectivity index (χ3n) is 5.29. The Balaban J connectivity index is 1.85. The van der Waals surface area contributed by atoms with Crippen molar-refractivity contribution in [3.63, 3.8) is 0 Å². The molecule has 0 aliphatic heterocycles. The minimum absolute atomic E-state index is 0.248. The highest BCUT2D eigenvalue weighted by Gasteiger charge is 2.56. The van der Waals surface area contributed by atoms with Crippen LogP contribution in [0.1, 0.15) is 39.0 Å². The van der Waals surface area contributed by atoms with Gasteiger partial charge in [0.25, 0.3) is 0 Å². The Kier molecular flexibility index (Phi) is 2.36. The Morgan fingerprint density at radius 1 is 0.875 bits per heavy atom. The van der Waals surface area contributed by atoms with Crippen molar-refractivity contribution >= 4 is 8.32 Å². The molecule has 0 unspecified atom stereocenters. The first-order valence-electron chi connectivity index (χ1n) is 7.07. The fraction of sp³-hybridized carbons (Fsp3) is 1.00. The van der Waals surface area contributed by atoms with Crippen LogP contribution >= 0.6 is 0 Å². The van der Waals surface area contributed by atoms with Gasteiger partial charge in [0.15, 0.2) is 8.32 Å². The van der Waals surface area contributed by atoms with Crippen molar-refractivity contribution in [1.82, 2.24) is 0 Å². The van der Waals surface area contributed by atoms with Gasteiger partial charge in [0.05, 0.1) is 5.60 Å². The summed E-state index contributed by atoms with van der Waals surface area (Å²) < 4.78 is 6.64. The highest BCUT2D eigenvalue weighted by atomic mass is 28.4. The molecule has 92 valence electrons. The second-order valence-corrected chi connectivity index (χ2v) is 12.1. The van der Waals surface area contributed by atoms with Crippen molar-refractivity contribution in [3.05, 3.63) is 0 Å². The summed E-state index contributed by atoms with van der Waals surface area (Å²) in [4.78, 5) is 0. The van der Waals surface area contributed by atoms with E-state index in [9.17, 15) is 0 Å². The molecule has 0 aromatic carbocycles. The molecule has 0 aromatic rings. The van der Waals surface area contributed by atoms with Gasteiger partial charge in [-0.25, -0.2) is 0 Å². The topological polar surface area (TPSA) is 9.23 Å². The second-order valence-electron chi connectivity index (χ2n) is 7.70. The summed E-state index contributed by atoms with van der Waals surface area (Å²) in [5.74, 6) is 3.88. The maximum absolute atomic E-state index is 6.64. The monoisotopic (exact) mass is 238 g/mol. The predicted octanol–water partition coefficient (Wildman–Crippen LogP) is 4.05. The van der Waals surface area contributed by atoms with Gasteiger partial charge in [0.2, 0.25) is 0 Å². The lowest BCUT2D eigenvalue weighted by Crippen LogP contribution is -2.60. The molecule has 0 heterocycles. The van der Waals surface area contributed by atoms with E-state index in [2.05, 4.69) is 26.6 Å². The molecule has 16 heavy (non-hydrogen) atoms. The standard InChI is InChI=1S/C14H26OSi/c1-14(15-16(2,3)4)12-6-10-5-11(8-12)9-13(14)7-10/h10-13H,5-9H2,1-4H3. The average molecular weight is 238 g/mol. The number of hydrogen-bond acceptors (Lipinski definition) is 1. The Morgan fingerprint density at radius 2 is 1.31 bits per heavy atom. The molecular weight excluding hydrogens is 212 g/mol. The van der Waals surface area contributed by atoms with Crippen molar-refractivity contribution in [2.24, 2.45) is 23.7 Å². The molecule has 4 aliphatic carbocycles. The minimum atomic E-state index is -1.39. The highest BCUT2D eigenvalue weighted by Crippen LogP contribution is 2.59. The highest BCUT2D eigenvalue weighted by molar-refractivity contribution is 6.69. The summed E-state index contributed by atoms with van der Waals surface area (Å²) in [5.41, 5.74) is 0.248. The van der Waals surface area contributed by atoms with Crippen LogP contribution in [0.3, 0.4) is 0 Å². The largest absolute Gasteiger partial charge is 0.412 e. The number of hydrogen-bond donors (Lipinski definition) is 0. The van der Waals surface area contributed by atoms with Gasteiger partial charge in [-0.1, -0.05) is 0 Å². The van der Waals surface area contributed by atoms with E-state index in [1.54, 1.807) is 0 Å². The molecule has 1 nitrogen and oxygen atoms in total. The van der Waals surface area contributed by atoms with Gasteiger partial charge >= 0.3 is 0 Å². The Morgan fingerprint density at radius 3 is 1.69 bits per heavy atom. The molecule has 0 N–H and O–H groups in total. The molecular formula is C14H26OSi. The molecule has 0 spiro atoms. The van der Waals surface area contributed by atoms with Gasteiger partial charge in [-0.3, -0.25) is 0 Å². The molecule has 4 saturated carbocycles. The average Bonchev–Trinajstić information content (AvgIpc) is 2.10. The van der Waals surface area contributed by atoms with E-state index in [4.69, 9.17) is 4.43 Å². The molecule has 0 atom stereocenters. The molecule has 4 fully saturated rings. The Hall–Kier alpha value is 0.177. The van der Waals surface area contributed by atoms with Crippen molar-refractivity contribution in [3.8, 4) is 0 Å². The zero-order valence-corrected chi connectivity index (χ0v) is 12.3. The van der Waals surface area contributed by atoms with Crippen LogP contribution in [0.5, 0.6) is 0 Å². The van der Waals surface area contributed by atoms with Crippen LogP contribution in [0.2, 0.25) is 19.6 Å². The van der Waals surface area contributed by atoms with Crippen LogP contribution in [0, 0.1) is 23.7 Å². The second kappa shape index (κ2) is 3.35. The molecule has 0 saturated heterocycles. The van der Waals surface area contributed by atoms with Crippen molar-refractivity contribution in [2.45, 2.75) is 64.3 Å². The molecule has 0 amide bonds. The third-order valence-corrected chi connectivity index (χ3v) is 6.34. The molecule has 4 rings (SSSR count). The Bertz CT molecular complexity index is 264. The summed E-state index contributed by atoms with van der Waals surface area (Å²) >= 11 is 0. The molecule has 4 aliphatic rings. The van der Waals surface area contributed by atoms with Crippen LogP contribution in [0.4, 0.5) is 0 Å². The van der Waals surface area contributed by atoms with Crippen LogP contribution < -0.4 is 0 Å². The van der Waals surface area contributed by atoms with Gasteiger partial charge < -0.3 is 4.43 Å². The maximum atomic E-state index is 6.64. The van der Waals surface area contributed by atoms with E-state index in [0.29, 0.717) is 0 Å². The van der Waals surface area contributed by atoms with Gasteiger partial charge in [0.1, 0.15) is 0 Å². The molecule has 0 aromatic heterocycles. The van der Waals surface area contributed by atoms with Gasteiger partial charge in [-0.15, -0.1) is 0 Å². The first-order chi connectivity index (χ1) is 7.37. The van der Waals surface area contributed by atoms with Crippen molar-refractivity contribution in [2.75, 3.05) is 0 Å². The third kappa shape index (κ3) is 1.69. The van der Waals surface area contributed by atoms with E-state index >= 15 is 0 Å². The lowest BCUT2D eigenvalue weighted by molar-refractivity contribution is -0.150. The van der Waals surface area contributed by atoms with E-state index in [0.717, 1.165) is 23.7 Å². The van der Waals surface area contributed by atoms with E-state index in [1.165, 1.54) is 32.1 Å². The lowest BCUT2D eigenvalue weighted by Gasteiger charge is -2.61. The summed E-state index contributed by atoms with van der Waals surface area (Å²) in [6.07, 6.45) is 7.40. The van der Waals surface area contributed by atoms with Gasteiger partial charge in [-0.05, 0) is 82.3 Å². The van der Waals surface area contributed by atoms with Crippen molar-refractivity contribution in [1.29, 1.82) is 0 Å². The summed E-state index contributed by atoms with van der Waals surface area (Å²) in [6.45, 7) is 9.49. The molecule has 4 bridgehead atoms. The quantitative estimate of drug-likeness (QED) is 0.659. The first kappa shape index (κ1) is 11.3. The van der Waals surface area contributed by atoms with E-state index in [-0.39, 0.29) is 5.60 Å². The summed E-state index contributed by atoms with van der Waals surface area (Å²) in [7, 11) is -1.39. The SMILES string of the molecule is CC1(O[Si](C)(C)C)C2CC3CC(C2)CC1C3.